The summed E-state index contributed by atoms with van der Waals surface area (Å²) in [4.78, 5) is 2.22. The van der Waals surface area contributed by atoms with Crippen molar-refractivity contribution < 1.29 is 0 Å². The van der Waals surface area contributed by atoms with Crippen LogP contribution in [0, 0.1) is 0 Å². The van der Waals surface area contributed by atoms with E-state index in [2.05, 4.69) is 89.9 Å². The highest BCUT2D eigenvalue weighted by Gasteiger charge is 2.14. The van der Waals surface area contributed by atoms with Gasteiger partial charge >= 0.3 is 0 Å². The number of nitrogens with zero attached hydrogens (tertiary/aromatic N) is 1. The van der Waals surface area contributed by atoms with Crippen molar-refractivity contribution in [2.45, 2.75) is 26.1 Å². The lowest BCUT2D eigenvalue weighted by Gasteiger charge is -2.28. The van der Waals surface area contributed by atoms with Gasteiger partial charge in [-0.05, 0) is 35.8 Å². The number of hydrogen-bond donors (Lipinski definition) is 1. The highest BCUT2D eigenvalue weighted by atomic mass is 32.1. The fraction of sp³-hybridized carbons (Fsp3) is 0.174. The third-order valence-electron chi connectivity index (χ3n) is 4.36. The molecule has 3 heteroatoms. The number of nitrogens with one attached hydrogen (secondary N) is 1. The molecule has 3 aromatic rings. The van der Waals surface area contributed by atoms with E-state index in [1.807, 2.05) is 18.2 Å². The Kier molecular flexibility index (Phi) is 6.39. The minimum atomic E-state index is 0.165. The highest BCUT2D eigenvalue weighted by molar-refractivity contribution is 7.80. The fourth-order valence-corrected chi connectivity index (χ4v) is 3.21. The van der Waals surface area contributed by atoms with E-state index in [-0.39, 0.29) is 6.04 Å². The first-order valence-electron chi connectivity index (χ1n) is 8.90. The van der Waals surface area contributed by atoms with Gasteiger partial charge in [-0.25, -0.2) is 0 Å². The smallest absolute Gasteiger partial charge is 0.170 e. The molecule has 0 heterocycles. The van der Waals surface area contributed by atoms with Crippen LogP contribution in [-0.2, 0) is 13.1 Å². The maximum absolute atomic E-state index is 5.76. The van der Waals surface area contributed by atoms with E-state index in [0.717, 1.165) is 18.2 Å². The zero-order valence-corrected chi connectivity index (χ0v) is 15.8. The normalized spacial score (nSPS) is 11.6. The van der Waals surface area contributed by atoms with Gasteiger partial charge in [0, 0.05) is 13.1 Å². The van der Waals surface area contributed by atoms with Crippen molar-refractivity contribution in [3.05, 3.63) is 108 Å². The molecule has 3 aromatic carbocycles. The van der Waals surface area contributed by atoms with Gasteiger partial charge in [0.15, 0.2) is 5.11 Å². The molecule has 132 valence electrons. The van der Waals surface area contributed by atoms with Crippen molar-refractivity contribution in [1.29, 1.82) is 0 Å². The van der Waals surface area contributed by atoms with E-state index in [4.69, 9.17) is 12.2 Å². The Hall–Kier alpha value is -2.65. The second-order valence-corrected chi connectivity index (χ2v) is 6.80. The number of thiocarbonyl (C=S) groups is 1. The van der Waals surface area contributed by atoms with Gasteiger partial charge in [0.05, 0.1) is 6.04 Å². The fourth-order valence-electron chi connectivity index (χ4n) is 2.91. The minimum absolute atomic E-state index is 0.165. The van der Waals surface area contributed by atoms with Gasteiger partial charge in [-0.2, -0.15) is 0 Å². The van der Waals surface area contributed by atoms with Crippen LogP contribution in [0.1, 0.15) is 29.7 Å². The lowest BCUT2D eigenvalue weighted by molar-refractivity contribution is 0.393. The molecule has 2 nitrogen and oxygen atoms in total. The van der Waals surface area contributed by atoms with E-state index in [0.29, 0.717) is 0 Å². The third kappa shape index (κ3) is 5.17. The molecule has 0 saturated carbocycles. The minimum Gasteiger partial charge on any atom is -0.356 e. The van der Waals surface area contributed by atoms with Crippen molar-refractivity contribution in [3.63, 3.8) is 0 Å². The number of hydrogen-bond acceptors (Lipinski definition) is 1. The summed E-state index contributed by atoms with van der Waals surface area (Å²) < 4.78 is 0. The van der Waals surface area contributed by atoms with Crippen LogP contribution in [-0.4, -0.2) is 10.0 Å². The molecule has 0 aliphatic rings. The van der Waals surface area contributed by atoms with Gasteiger partial charge in [0.1, 0.15) is 0 Å². The molecular formula is C23H24N2S. The molecule has 0 aromatic heterocycles. The van der Waals surface area contributed by atoms with Gasteiger partial charge in [-0.15, -0.1) is 0 Å². The number of rotatable bonds is 6. The predicted octanol–water partition coefficient (Wildman–Crippen LogP) is 5.32. The van der Waals surface area contributed by atoms with Crippen molar-refractivity contribution >= 4 is 17.3 Å². The Morgan fingerprint density at radius 2 is 1.19 bits per heavy atom. The Bertz CT molecular complexity index is 762. The van der Waals surface area contributed by atoms with Crippen LogP contribution >= 0.6 is 12.2 Å². The average molecular weight is 361 g/mol. The van der Waals surface area contributed by atoms with Crippen LogP contribution in [0.5, 0.6) is 0 Å². The molecule has 0 aliphatic carbocycles. The van der Waals surface area contributed by atoms with Gasteiger partial charge < -0.3 is 10.2 Å². The summed E-state index contributed by atoms with van der Waals surface area (Å²) in [6.45, 7) is 3.71. The van der Waals surface area contributed by atoms with E-state index < -0.39 is 0 Å². The molecule has 0 amide bonds. The van der Waals surface area contributed by atoms with Gasteiger partial charge in [-0.3, -0.25) is 0 Å². The Morgan fingerprint density at radius 1 is 0.769 bits per heavy atom. The average Bonchev–Trinajstić information content (AvgIpc) is 2.69. The number of benzene rings is 3. The topological polar surface area (TPSA) is 15.3 Å². The first-order chi connectivity index (χ1) is 12.7. The summed E-state index contributed by atoms with van der Waals surface area (Å²) >= 11 is 5.76. The third-order valence-corrected chi connectivity index (χ3v) is 4.74. The largest absolute Gasteiger partial charge is 0.356 e. The first-order valence-corrected chi connectivity index (χ1v) is 9.31. The maximum atomic E-state index is 5.76. The van der Waals surface area contributed by atoms with Gasteiger partial charge in [0.2, 0.25) is 0 Å². The predicted molar refractivity (Wildman–Crippen MR) is 113 cm³/mol. The molecule has 1 atom stereocenters. The summed E-state index contributed by atoms with van der Waals surface area (Å²) in [7, 11) is 0. The zero-order valence-electron chi connectivity index (χ0n) is 15.0. The summed E-state index contributed by atoms with van der Waals surface area (Å²) in [5.41, 5.74) is 3.73. The lowest BCUT2D eigenvalue weighted by atomic mass is 10.1. The Balaban J connectivity index is 1.74. The highest BCUT2D eigenvalue weighted by Crippen LogP contribution is 2.15. The molecule has 0 saturated heterocycles. The van der Waals surface area contributed by atoms with Gasteiger partial charge in [-0.1, -0.05) is 91.0 Å². The molecule has 0 unspecified atom stereocenters. The Labute approximate surface area is 161 Å². The van der Waals surface area contributed by atoms with Crippen LogP contribution < -0.4 is 5.32 Å². The molecule has 3 rings (SSSR count). The molecule has 0 aliphatic heterocycles. The van der Waals surface area contributed by atoms with Crippen LogP contribution in [0.15, 0.2) is 91.0 Å². The van der Waals surface area contributed by atoms with Crippen LogP contribution in [0.2, 0.25) is 0 Å². The molecule has 0 spiro atoms. The summed E-state index contributed by atoms with van der Waals surface area (Å²) in [5.74, 6) is 0. The quantitative estimate of drug-likeness (QED) is 0.599. The lowest BCUT2D eigenvalue weighted by Crippen LogP contribution is -2.40. The summed E-state index contributed by atoms with van der Waals surface area (Å²) in [6.07, 6.45) is 0. The van der Waals surface area contributed by atoms with Crippen molar-refractivity contribution in [1.82, 2.24) is 10.2 Å². The summed E-state index contributed by atoms with van der Waals surface area (Å²) in [6, 6.07) is 31.5. The van der Waals surface area contributed by atoms with E-state index in [1.165, 1.54) is 16.7 Å². The van der Waals surface area contributed by atoms with Crippen molar-refractivity contribution in [3.8, 4) is 0 Å². The van der Waals surface area contributed by atoms with Crippen LogP contribution in [0.4, 0.5) is 0 Å². The van der Waals surface area contributed by atoms with E-state index in [1.54, 1.807) is 0 Å². The molecule has 0 bridgehead atoms. The standard InChI is InChI=1S/C23H24N2S/c1-19(22-15-9-4-10-16-22)24-23(26)25(17-20-11-5-2-6-12-20)18-21-13-7-3-8-14-21/h2-16,19H,17-18H2,1H3,(H,24,26)/t19-/m1/s1. The van der Waals surface area contributed by atoms with Gasteiger partial charge in [0.25, 0.3) is 0 Å². The van der Waals surface area contributed by atoms with Crippen molar-refractivity contribution in [2.75, 3.05) is 0 Å². The first kappa shape index (κ1) is 18.2. The monoisotopic (exact) mass is 360 g/mol. The van der Waals surface area contributed by atoms with Crippen LogP contribution in [0.3, 0.4) is 0 Å². The summed E-state index contributed by atoms with van der Waals surface area (Å²) in [5, 5.41) is 4.27. The Morgan fingerprint density at radius 3 is 1.65 bits per heavy atom. The molecule has 26 heavy (non-hydrogen) atoms. The van der Waals surface area contributed by atoms with E-state index in [9.17, 15) is 0 Å². The molecule has 0 radical (unpaired) electrons. The molecular weight excluding hydrogens is 336 g/mol. The van der Waals surface area contributed by atoms with Crippen molar-refractivity contribution in [2.24, 2.45) is 0 Å². The maximum Gasteiger partial charge on any atom is 0.170 e. The second-order valence-electron chi connectivity index (χ2n) is 6.41. The second kappa shape index (κ2) is 9.16. The molecule has 0 fully saturated rings. The van der Waals surface area contributed by atoms with E-state index >= 15 is 0 Å². The SMILES string of the molecule is C[C@@H](NC(=S)N(Cc1ccccc1)Cc1ccccc1)c1ccccc1. The van der Waals surface area contributed by atoms with Crippen LogP contribution in [0.25, 0.3) is 0 Å². The molecule has 1 N–H and O–H groups in total. The zero-order chi connectivity index (χ0) is 18.2.